The van der Waals surface area contributed by atoms with Crippen molar-refractivity contribution in [2.24, 2.45) is 0 Å². The molecule has 9 heteroatoms. The molecule has 122 valence electrons. The minimum atomic E-state index is -4.48. The zero-order chi connectivity index (χ0) is 16.4. The molecule has 0 spiro atoms. The van der Waals surface area contributed by atoms with Gasteiger partial charge >= 0.3 is 6.18 Å². The van der Waals surface area contributed by atoms with Crippen molar-refractivity contribution in [3.05, 3.63) is 42.2 Å². The highest BCUT2D eigenvalue weighted by Gasteiger charge is 2.35. The van der Waals surface area contributed by atoms with Crippen LogP contribution in [0.25, 0.3) is 5.69 Å². The predicted octanol–water partition coefficient (Wildman–Crippen LogP) is 2.49. The fraction of sp³-hybridized carbons (Fsp3) is 0.286. The van der Waals surface area contributed by atoms with E-state index in [-0.39, 0.29) is 17.6 Å². The molecule has 0 bridgehead atoms. The molecule has 1 amide bonds. The highest BCUT2D eigenvalue weighted by Crippen LogP contribution is 2.30. The van der Waals surface area contributed by atoms with E-state index in [9.17, 15) is 18.0 Å². The number of hydrogen-bond donors (Lipinski definition) is 2. The number of thioether (sulfide) groups is 1. The lowest BCUT2D eigenvalue weighted by atomic mass is 10.2. The number of anilines is 1. The van der Waals surface area contributed by atoms with Gasteiger partial charge in [0.05, 0.1) is 17.9 Å². The van der Waals surface area contributed by atoms with Crippen LogP contribution < -0.4 is 10.6 Å². The lowest BCUT2D eigenvalue weighted by molar-refractivity contribution is -0.142. The first-order valence-corrected chi connectivity index (χ1v) is 7.94. The standard InChI is InChI=1S/C14H13F3N4OS/c15-14(16,17)12-5-6-19-21(12)10-3-1-9(2-4-10)20-13(22)11-7-23-8-18-11/h1-6,11,18H,7-8H2,(H,20,22)/t11-/m1/s1. The second kappa shape index (κ2) is 6.25. The van der Waals surface area contributed by atoms with Gasteiger partial charge < -0.3 is 5.32 Å². The van der Waals surface area contributed by atoms with Gasteiger partial charge in [0.25, 0.3) is 0 Å². The molecule has 1 aliphatic heterocycles. The van der Waals surface area contributed by atoms with E-state index in [0.717, 1.165) is 22.8 Å². The second-order valence-corrected chi connectivity index (χ2v) is 5.96. The van der Waals surface area contributed by atoms with Gasteiger partial charge in [0.15, 0.2) is 0 Å². The molecule has 1 aliphatic rings. The van der Waals surface area contributed by atoms with Crippen molar-refractivity contribution in [3.8, 4) is 5.69 Å². The Morgan fingerprint density at radius 1 is 1.30 bits per heavy atom. The first kappa shape index (κ1) is 15.9. The van der Waals surface area contributed by atoms with Crippen LogP contribution in [0.3, 0.4) is 0 Å². The van der Waals surface area contributed by atoms with Crippen LogP contribution in [-0.2, 0) is 11.0 Å². The van der Waals surface area contributed by atoms with E-state index in [1.807, 2.05) is 0 Å². The lowest BCUT2D eigenvalue weighted by Crippen LogP contribution is -2.37. The van der Waals surface area contributed by atoms with Crippen LogP contribution in [0, 0.1) is 0 Å². The Labute approximate surface area is 134 Å². The highest BCUT2D eigenvalue weighted by molar-refractivity contribution is 7.99. The van der Waals surface area contributed by atoms with E-state index in [1.165, 1.54) is 12.1 Å². The summed E-state index contributed by atoms with van der Waals surface area (Å²) in [5, 5.41) is 9.48. The molecule has 1 atom stereocenters. The Balaban J connectivity index is 1.75. The van der Waals surface area contributed by atoms with Crippen molar-refractivity contribution in [2.75, 3.05) is 16.9 Å². The summed E-state index contributed by atoms with van der Waals surface area (Å²) >= 11 is 1.64. The molecule has 23 heavy (non-hydrogen) atoms. The molecule has 0 radical (unpaired) electrons. The molecule has 2 aromatic rings. The van der Waals surface area contributed by atoms with Crippen LogP contribution in [0.5, 0.6) is 0 Å². The fourth-order valence-corrected chi connectivity index (χ4v) is 3.14. The monoisotopic (exact) mass is 342 g/mol. The topological polar surface area (TPSA) is 59.0 Å². The molecule has 5 nitrogen and oxygen atoms in total. The molecule has 0 aliphatic carbocycles. The van der Waals surface area contributed by atoms with E-state index in [4.69, 9.17) is 0 Å². The normalized spacial score (nSPS) is 18.1. The maximum absolute atomic E-state index is 12.9. The van der Waals surface area contributed by atoms with Gasteiger partial charge in [-0.15, -0.1) is 11.8 Å². The highest BCUT2D eigenvalue weighted by atomic mass is 32.2. The van der Waals surface area contributed by atoms with Crippen LogP contribution >= 0.6 is 11.8 Å². The third-order valence-electron chi connectivity index (χ3n) is 3.35. The van der Waals surface area contributed by atoms with Gasteiger partial charge in [0.2, 0.25) is 5.91 Å². The maximum atomic E-state index is 12.9. The summed E-state index contributed by atoms with van der Waals surface area (Å²) in [6.45, 7) is 0. The summed E-state index contributed by atoms with van der Waals surface area (Å²) in [4.78, 5) is 12.0. The Hall–Kier alpha value is -2.00. The summed E-state index contributed by atoms with van der Waals surface area (Å²) in [6.07, 6.45) is -3.38. The van der Waals surface area contributed by atoms with Crippen molar-refractivity contribution >= 4 is 23.4 Å². The van der Waals surface area contributed by atoms with Crippen LogP contribution in [-0.4, -0.2) is 33.4 Å². The zero-order valence-electron chi connectivity index (χ0n) is 11.8. The molecular formula is C14H13F3N4OS. The number of hydrogen-bond acceptors (Lipinski definition) is 4. The summed E-state index contributed by atoms with van der Waals surface area (Å²) in [5.74, 6) is 1.28. The number of carbonyl (C=O) groups excluding carboxylic acids is 1. The van der Waals surface area contributed by atoms with E-state index in [1.54, 1.807) is 23.9 Å². The van der Waals surface area contributed by atoms with Crippen LogP contribution in [0.2, 0.25) is 0 Å². The zero-order valence-corrected chi connectivity index (χ0v) is 12.6. The molecule has 0 unspecified atom stereocenters. The third kappa shape index (κ3) is 3.50. The predicted molar refractivity (Wildman–Crippen MR) is 81.4 cm³/mol. The number of halogens is 3. The number of aromatic nitrogens is 2. The molecule has 1 aromatic carbocycles. The second-order valence-electron chi connectivity index (χ2n) is 4.93. The molecule has 1 fully saturated rings. The maximum Gasteiger partial charge on any atom is 0.433 e. The van der Waals surface area contributed by atoms with E-state index in [0.29, 0.717) is 11.4 Å². The summed E-state index contributed by atoms with van der Waals surface area (Å²) in [6, 6.07) is 6.74. The molecule has 3 rings (SSSR count). The van der Waals surface area contributed by atoms with Crippen molar-refractivity contribution in [2.45, 2.75) is 12.2 Å². The Morgan fingerprint density at radius 3 is 2.65 bits per heavy atom. The van der Waals surface area contributed by atoms with Crippen molar-refractivity contribution in [1.29, 1.82) is 0 Å². The minimum absolute atomic E-state index is 0.155. The van der Waals surface area contributed by atoms with Crippen molar-refractivity contribution in [3.63, 3.8) is 0 Å². The van der Waals surface area contributed by atoms with Gasteiger partial charge in [-0.1, -0.05) is 0 Å². The third-order valence-corrected chi connectivity index (χ3v) is 4.29. The average molecular weight is 342 g/mol. The summed E-state index contributed by atoms with van der Waals surface area (Å²) in [5.41, 5.74) is -0.0468. The number of nitrogens with zero attached hydrogens (tertiary/aromatic N) is 2. The van der Waals surface area contributed by atoms with E-state index < -0.39 is 11.9 Å². The molecule has 2 N–H and O–H groups in total. The van der Waals surface area contributed by atoms with Gasteiger partial charge in [-0.05, 0) is 30.3 Å². The number of alkyl halides is 3. The fourth-order valence-electron chi connectivity index (χ4n) is 2.20. The van der Waals surface area contributed by atoms with Gasteiger partial charge in [0.1, 0.15) is 5.69 Å². The lowest BCUT2D eigenvalue weighted by Gasteiger charge is -2.12. The molecule has 1 saturated heterocycles. The van der Waals surface area contributed by atoms with Gasteiger partial charge in [-0.3, -0.25) is 10.1 Å². The Bertz CT molecular complexity index is 693. The van der Waals surface area contributed by atoms with Crippen LogP contribution in [0.15, 0.2) is 36.5 Å². The van der Waals surface area contributed by atoms with Gasteiger partial charge in [-0.25, -0.2) is 4.68 Å². The quantitative estimate of drug-likeness (QED) is 0.900. The summed E-state index contributed by atoms with van der Waals surface area (Å²) in [7, 11) is 0. The first-order valence-electron chi connectivity index (χ1n) is 6.79. The Kier molecular flexibility index (Phi) is 4.31. The number of benzene rings is 1. The minimum Gasteiger partial charge on any atom is -0.325 e. The SMILES string of the molecule is O=C(Nc1ccc(-n2nccc2C(F)(F)F)cc1)[C@H]1CSCN1. The molecule has 0 saturated carbocycles. The molecule has 2 heterocycles. The van der Waals surface area contributed by atoms with E-state index >= 15 is 0 Å². The van der Waals surface area contributed by atoms with Crippen molar-refractivity contribution in [1.82, 2.24) is 15.1 Å². The van der Waals surface area contributed by atoms with Crippen molar-refractivity contribution < 1.29 is 18.0 Å². The average Bonchev–Trinajstić information content (AvgIpc) is 3.19. The Morgan fingerprint density at radius 2 is 2.04 bits per heavy atom. The van der Waals surface area contributed by atoms with Crippen LogP contribution in [0.4, 0.5) is 18.9 Å². The molecular weight excluding hydrogens is 329 g/mol. The number of nitrogens with one attached hydrogen (secondary N) is 2. The molecule has 1 aromatic heterocycles. The number of amides is 1. The van der Waals surface area contributed by atoms with Crippen LogP contribution in [0.1, 0.15) is 5.69 Å². The summed E-state index contributed by atoms with van der Waals surface area (Å²) < 4.78 is 39.4. The van der Waals surface area contributed by atoms with Gasteiger partial charge in [0, 0.05) is 17.3 Å². The van der Waals surface area contributed by atoms with E-state index in [2.05, 4.69) is 15.7 Å². The largest absolute Gasteiger partial charge is 0.433 e. The first-order chi connectivity index (χ1) is 10.9. The van der Waals surface area contributed by atoms with Gasteiger partial charge in [-0.2, -0.15) is 18.3 Å². The smallest absolute Gasteiger partial charge is 0.325 e. The number of carbonyl (C=O) groups is 1. The number of rotatable bonds is 3.